The van der Waals surface area contributed by atoms with Gasteiger partial charge in [-0.05, 0) is 48.6 Å². The van der Waals surface area contributed by atoms with E-state index in [2.05, 4.69) is 11.8 Å². The van der Waals surface area contributed by atoms with E-state index in [1.807, 2.05) is 30.3 Å². The number of thiocarbonyl (C=S) groups is 1. The molecular weight excluding hydrogens is 321 g/mol. The molecular formula is C20H22FNOS. The van der Waals surface area contributed by atoms with Crippen molar-refractivity contribution < 1.29 is 9.13 Å². The van der Waals surface area contributed by atoms with E-state index < -0.39 is 0 Å². The Hall–Kier alpha value is -1.94. The second kappa shape index (κ2) is 7.75. The first kappa shape index (κ1) is 16.9. The van der Waals surface area contributed by atoms with Crippen molar-refractivity contribution in [3.8, 4) is 5.75 Å². The smallest absolute Gasteiger partial charge is 0.130 e. The van der Waals surface area contributed by atoms with Crippen LogP contribution in [0.5, 0.6) is 5.75 Å². The summed E-state index contributed by atoms with van der Waals surface area (Å²) in [5.74, 6) is 1.27. The van der Waals surface area contributed by atoms with Crippen LogP contribution in [-0.4, -0.2) is 23.0 Å². The van der Waals surface area contributed by atoms with Gasteiger partial charge in [0.1, 0.15) is 23.2 Å². The van der Waals surface area contributed by atoms with Gasteiger partial charge in [-0.2, -0.15) is 0 Å². The van der Waals surface area contributed by atoms with E-state index in [0.29, 0.717) is 6.61 Å². The number of halogens is 1. The predicted molar refractivity (Wildman–Crippen MR) is 98.8 cm³/mol. The number of ether oxygens (including phenoxy) is 1. The first-order chi connectivity index (χ1) is 11.6. The standard InChI is InChI=1S/C20H22FNOS/c1-15-9-11-22(12-10-15)20(24)18-7-2-3-8-19(18)23-14-16-5-4-6-17(21)13-16/h2-8,13,15H,9-12,14H2,1H3. The van der Waals surface area contributed by atoms with Crippen molar-refractivity contribution in [1.82, 2.24) is 4.90 Å². The average Bonchev–Trinajstić information content (AvgIpc) is 2.60. The molecule has 4 heteroatoms. The summed E-state index contributed by atoms with van der Waals surface area (Å²) in [6.07, 6.45) is 2.35. The summed E-state index contributed by atoms with van der Waals surface area (Å²) in [5, 5.41) is 0. The monoisotopic (exact) mass is 343 g/mol. The molecule has 126 valence electrons. The largest absolute Gasteiger partial charge is 0.488 e. The fourth-order valence-electron chi connectivity index (χ4n) is 2.94. The number of piperidine rings is 1. The molecule has 0 amide bonds. The van der Waals surface area contributed by atoms with Crippen LogP contribution in [0.4, 0.5) is 4.39 Å². The van der Waals surface area contributed by atoms with Crippen LogP contribution in [-0.2, 0) is 6.61 Å². The molecule has 0 unspecified atom stereocenters. The molecule has 1 aliphatic rings. The highest BCUT2D eigenvalue weighted by atomic mass is 32.1. The Morgan fingerprint density at radius 3 is 2.67 bits per heavy atom. The van der Waals surface area contributed by atoms with Crippen LogP contribution >= 0.6 is 12.2 Å². The van der Waals surface area contributed by atoms with Gasteiger partial charge in [0.05, 0.1) is 5.56 Å². The zero-order valence-corrected chi connectivity index (χ0v) is 14.7. The maximum atomic E-state index is 13.3. The minimum absolute atomic E-state index is 0.248. The summed E-state index contributed by atoms with van der Waals surface area (Å²) in [6.45, 7) is 4.61. The molecule has 2 aromatic rings. The highest BCUT2D eigenvalue weighted by molar-refractivity contribution is 7.80. The summed E-state index contributed by atoms with van der Waals surface area (Å²) >= 11 is 5.70. The summed E-state index contributed by atoms with van der Waals surface area (Å²) in [7, 11) is 0. The lowest BCUT2D eigenvalue weighted by molar-refractivity contribution is 0.281. The van der Waals surface area contributed by atoms with Crippen molar-refractivity contribution in [2.45, 2.75) is 26.4 Å². The number of nitrogens with zero attached hydrogens (tertiary/aromatic N) is 1. The molecule has 3 rings (SSSR count). The lowest BCUT2D eigenvalue weighted by Gasteiger charge is -2.32. The SMILES string of the molecule is CC1CCN(C(=S)c2ccccc2OCc2cccc(F)c2)CC1. The number of hydrogen-bond donors (Lipinski definition) is 0. The number of hydrogen-bond acceptors (Lipinski definition) is 2. The Bertz CT molecular complexity index is 710. The minimum Gasteiger partial charge on any atom is -0.488 e. The van der Waals surface area contributed by atoms with E-state index in [-0.39, 0.29) is 5.82 Å². The van der Waals surface area contributed by atoms with Crippen molar-refractivity contribution in [3.05, 3.63) is 65.5 Å². The Kier molecular flexibility index (Phi) is 5.46. The van der Waals surface area contributed by atoms with Gasteiger partial charge in [0, 0.05) is 13.1 Å². The third-order valence-corrected chi connectivity index (χ3v) is 4.95. The molecule has 0 aromatic heterocycles. The molecule has 0 bridgehead atoms. The number of benzene rings is 2. The maximum absolute atomic E-state index is 13.3. The minimum atomic E-state index is -0.248. The summed E-state index contributed by atoms with van der Waals surface area (Å²) < 4.78 is 19.2. The van der Waals surface area contributed by atoms with Crippen LogP contribution in [0, 0.1) is 11.7 Å². The van der Waals surface area contributed by atoms with Gasteiger partial charge in [-0.15, -0.1) is 0 Å². The Morgan fingerprint density at radius 1 is 1.17 bits per heavy atom. The topological polar surface area (TPSA) is 12.5 Å². The van der Waals surface area contributed by atoms with Crippen LogP contribution in [0.1, 0.15) is 30.9 Å². The van der Waals surface area contributed by atoms with Crippen LogP contribution in [0.2, 0.25) is 0 Å². The predicted octanol–water partition coefficient (Wildman–Crippen LogP) is 4.81. The van der Waals surface area contributed by atoms with E-state index in [4.69, 9.17) is 17.0 Å². The Labute approximate surface area is 148 Å². The molecule has 1 saturated heterocycles. The lowest BCUT2D eigenvalue weighted by Crippen LogP contribution is -2.37. The van der Waals surface area contributed by atoms with Crippen molar-refractivity contribution in [2.24, 2.45) is 5.92 Å². The van der Waals surface area contributed by atoms with E-state index in [1.165, 1.54) is 25.0 Å². The van der Waals surface area contributed by atoms with Crippen molar-refractivity contribution in [2.75, 3.05) is 13.1 Å². The van der Waals surface area contributed by atoms with Gasteiger partial charge in [-0.25, -0.2) is 4.39 Å². The molecule has 1 fully saturated rings. The fourth-order valence-corrected chi connectivity index (χ4v) is 3.29. The van der Waals surface area contributed by atoms with Crippen LogP contribution < -0.4 is 4.74 Å². The zero-order valence-electron chi connectivity index (χ0n) is 13.9. The third-order valence-electron chi connectivity index (χ3n) is 4.47. The molecule has 0 N–H and O–H groups in total. The van der Waals surface area contributed by atoms with Crippen molar-refractivity contribution >= 4 is 17.2 Å². The summed E-state index contributed by atoms with van der Waals surface area (Å²) in [6, 6.07) is 14.3. The van der Waals surface area contributed by atoms with Gasteiger partial charge in [-0.3, -0.25) is 0 Å². The second-order valence-electron chi connectivity index (χ2n) is 6.39. The first-order valence-electron chi connectivity index (χ1n) is 8.39. The van der Waals surface area contributed by atoms with Gasteiger partial charge in [0.25, 0.3) is 0 Å². The molecule has 2 nitrogen and oxygen atoms in total. The molecule has 0 spiro atoms. The van der Waals surface area contributed by atoms with Crippen LogP contribution in [0.3, 0.4) is 0 Å². The van der Waals surface area contributed by atoms with Gasteiger partial charge < -0.3 is 9.64 Å². The maximum Gasteiger partial charge on any atom is 0.130 e. The molecule has 0 radical (unpaired) electrons. The highest BCUT2D eigenvalue weighted by Crippen LogP contribution is 2.25. The molecule has 2 aromatic carbocycles. The number of rotatable bonds is 4. The normalized spacial score (nSPS) is 15.3. The highest BCUT2D eigenvalue weighted by Gasteiger charge is 2.20. The molecule has 0 saturated carbocycles. The van der Waals surface area contributed by atoms with Gasteiger partial charge in [-0.1, -0.05) is 43.4 Å². The number of likely N-dealkylation sites (tertiary alicyclic amines) is 1. The summed E-state index contributed by atoms with van der Waals surface area (Å²) in [5.41, 5.74) is 1.75. The van der Waals surface area contributed by atoms with Crippen LogP contribution in [0.15, 0.2) is 48.5 Å². The third kappa shape index (κ3) is 4.12. The van der Waals surface area contributed by atoms with E-state index in [0.717, 1.165) is 40.9 Å². The van der Waals surface area contributed by atoms with Gasteiger partial charge in [0.2, 0.25) is 0 Å². The molecule has 24 heavy (non-hydrogen) atoms. The van der Waals surface area contributed by atoms with E-state index in [1.54, 1.807) is 6.07 Å². The summed E-state index contributed by atoms with van der Waals surface area (Å²) in [4.78, 5) is 3.11. The lowest BCUT2D eigenvalue weighted by atomic mass is 9.99. The number of para-hydroxylation sites is 1. The van der Waals surface area contributed by atoms with E-state index in [9.17, 15) is 4.39 Å². The second-order valence-corrected chi connectivity index (χ2v) is 6.78. The molecule has 0 aliphatic carbocycles. The zero-order chi connectivity index (χ0) is 16.9. The van der Waals surface area contributed by atoms with Gasteiger partial charge in [0.15, 0.2) is 0 Å². The Balaban J connectivity index is 1.71. The molecule has 1 heterocycles. The molecule has 0 atom stereocenters. The first-order valence-corrected chi connectivity index (χ1v) is 8.80. The van der Waals surface area contributed by atoms with Crippen molar-refractivity contribution in [1.29, 1.82) is 0 Å². The van der Waals surface area contributed by atoms with Gasteiger partial charge >= 0.3 is 0 Å². The quantitative estimate of drug-likeness (QED) is 0.739. The van der Waals surface area contributed by atoms with Crippen molar-refractivity contribution in [3.63, 3.8) is 0 Å². The average molecular weight is 343 g/mol. The fraction of sp³-hybridized carbons (Fsp3) is 0.350. The van der Waals surface area contributed by atoms with E-state index >= 15 is 0 Å². The Morgan fingerprint density at radius 2 is 1.92 bits per heavy atom. The van der Waals surface area contributed by atoms with Crippen LogP contribution in [0.25, 0.3) is 0 Å². The molecule has 1 aliphatic heterocycles.